The first-order valence-electron chi connectivity index (χ1n) is 38.4. The molecule has 0 aromatic rings. The summed E-state index contributed by atoms with van der Waals surface area (Å²) < 4.78 is 24.6. The van der Waals surface area contributed by atoms with Crippen molar-refractivity contribution >= 4 is 17.7 Å². The van der Waals surface area contributed by atoms with Crippen LogP contribution in [0, 0.1) is 11.8 Å². The highest BCUT2D eigenvalue weighted by atomic mass is 19.3. The fraction of sp³-hybridized carbons (Fsp3) is 0.964. The average molecular weight is 1430 g/mol. The number of carbonyl (C=O) groups is 3. The molecule has 0 unspecified atom stereocenters. The van der Waals surface area contributed by atoms with Gasteiger partial charge >= 0.3 is 0 Å². The maximum atomic E-state index is 12.3. The number of halogens is 2. The summed E-state index contributed by atoms with van der Waals surface area (Å²) in [5.41, 5.74) is 2.45. The van der Waals surface area contributed by atoms with E-state index in [9.17, 15) is 23.2 Å². The lowest BCUT2D eigenvalue weighted by Crippen LogP contribution is -2.62. The van der Waals surface area contributed by atoms with Gasteiger partial charge in [-0.25, -0.2) is 8.78 Å². The van der Waals surface area contributed by atoms with Crippen LogP contribution >= 0.6 is 0 Å². The first-order chi connectivity index (χ1) is 43.2. The van der Waals surface area contributed by atoms with Crippen molar-refractivity contribution in [1.82, 2.24) is 53.9 Å². The van der Waals surface area contributed by atoms with Gasteiger partial charge < -0.3 is 19.6 Å². The number of carbonyl (C=O) groups excluding carboxylic acids is 3. The van der Waals surface area contributed by atoms with Gasteiger partial charge in [0.2, 0.25) is 17.7 Å². The van der Waals surface area contributed by atoms with Crippen molar-refractivity contribution in [2.24, 2.45) is 11.8 Å². The summed E-state index contributed by atoms with van der Waals surface area (Å²) in [6, 6.07) is 0. The number of hydrogen-bond acceptors (Lipinski definition) is 11. The molecule has 0 spiro atoms. The van der Waals surface area contributed by atoms with Gasteiger partial charge in [0.25, 0.3) is 5.92 Å². The molecular formula is C84H179F2N11O3. The SMILES string of the molecule is C.C.C.C.CC(C)(C)N1CC(F)(F)C1.CC(C)(C)N1CC1.CC(C)(C)N1CCC1=O.CC(C)(C)N1CCCC1.CC(C)(C)N1CCCC1=O.CC(C)(C)N1CCCC1=O.CC(C)(C)N1CCCCC1.CC1CCN(C(C)(C)C)CC1.CC1CN(C(C)(C)C)C1.CN1CCN(C(C)(C)C)CC1. The topological polar surface area (TPSA) is 86.6 Å². The van der Waals surface area contributed by atoms with Crippen molar-refractivity contribution in [2.75, 3.05) is 131 Å². The summed E-state index contributed by atoms with van der Waals surface area (Å²) in [5.74, 6) is 0.383. The van der Waals surface area contributed by atoms with Crippen LogP contribution in [0.3, 0.4) is 0 Å². The molecule has 10 fully saturated rings. The van der Waals surface area contributed by atoms with Gasteiger partial charge in [-0.15, -0.1) is 0 Å². The van der Waals surface area contributed by atoms with Crippen LogP contribution in [0.5, 0.6) is 0 Å². The van der Waals surface area contributed by atoms with Crippen molar-refractivity contribution in [2.45, 2.75) is 390 Å². The zero-order valence-corrected chi connectivity index (χ0v) is 70.0. The zero-order chi connectivity index (χ0) is 74.7. The maximum absolute atomic E-state index is 12.3. The van der Waals surface area contributed by atoms with Gasteiger partial charge in [0.1, 0.15) is 0 Å². The molecular weight excluding hydrogens is 1250 g/mol. The van der Waals surface area contributed by atoms with E-state index in [-0.39, 0.29) is 65.0 Å². The smallest absolute Gasteiger partial charge is 0.272 e. The third-order valence-electron chi connectivity index (χ3n) is 20.2. The van der Waals surface area contributed by atoms with Crippen LogP contribution < -0.4 is 0 Å². The first-order valence-corrected chi connectivity index (χ1v) is 38.4. The minimum atomic E-state index is -2.42. The summed E-state index contributed by atoms with van der Waals surface area (Å²) in [6.07, 6.45) is 14.1. The Balaban J connectivity index is -0.000000511. The fourth-order valence-electron chi connectivity index (χ4n) is 12.8. The molecule has 100 heavy (non-hydrogen) atoms. The molecule has 10 saturated heterocycles. The molecule has 14 nitrogen and oxygen atoms in total. The van der Waals surface area contributed by atoms with Crippen LogP contribution in [-0.4, -0.2) is 264 Å². The Kier molecular flexibility index (Phi) is 45.6. The molecule has 10 aliphatic rings. The van der Waals surface area contributed by atoms with E-state index in [0.717, 1.165) is 63.6 Å². The predicted octanol–water partition coefficient (Wildman–Crippen LogP) is 18.6. The molecule has 10 rings (SSSR count). The van der Waals surface area contributed by atoms with Gasteiger partial charge in [-0.2, -0.15) is 0 Å². The fourth-order valence-corrected chi connectivity index (χ4v) is 12.8. The number of piperidine rings is 2. The number of hydrogen-bond donors (Lipinski definition) is 0. The molecule has 0 aromatic carbocycles. The number of nitrogens with zero attached hydrogens (tertiary/aromatic N) is 11. The first kappa shape index (κ1) is 104. The lowest BCUT2D eigenvalue weighted by Gasteiger charge is -2.47. The van der Waals surface area contributed by atoms with E-state index in [2.05, 4.69) is 242 Å². The highest BCUT2D eigenvalue weighted by Crippen LogP contribution is 2.33. The van der Waals surface area contributed by atoms with E-state index in [1.54, 1.807) is 4.90 Å². The third kappa shape index (κ3) is 42.3. The molecule has 0 saturated carbocycles. The zero-order valence-electron chi connectivity index (χ0n) is 70.0. The quantitative estimate of drug-likeness (QED) is 0.172. The summed E-state index contributed by atoms with van der Waals surface area (Å²) in [5, 5.41) is 0. The molecule has 10 heterocycles. The van der Waals surface area contributed by atoms with Crippen LogP contribution in [-0.2, 0) is 14.4 Å². The molecule has 602 valence electrons. The van der Waals surface area contributed by atoms with Gasteiger partial charge in [-0.1, -0.05) is 50.0 Å². The Morgan fingerprint density at radius 2 is 0.530 bits per heavy atom. The minimum absolute atomic E-state index is 0. The average Bonchev–Trinajstić information content (AvgIpc) is 0.871. The van der Waals surface area contributed by atoms with E-state index in [1.165, 1.54) is 137 Å². The summed E-state index contributed by atoms with van der Waals surface area (Å²) in [6.45, 7) is 90.9. The van der Waals surface area contributed by atoms with Gasteiger partial charge in [0, 0.05) is 147 Å². The van der Waals surface area contributed by atoms with E-state index in [0.29, 0.717) is 51.0 Å². The van der Waals surface area contributed by atoms with Crippen molar-refractivity contribution in [3.8, 4) is 0 Å². The second-order valence-corrected chi connectivity index (χ2v) is 39.7. The molecule has 0 radical (unpaired) electrons. The number of likely N-dealkylation sites (tertiary alicyclic amines) is 8. The van der Waals surface area contributed by atoms with Crippen LogP contribution in [0.1, 0.15) is 328 Å². The standard InChI is InChI=1S/C10H21N.C9H20N2.C9H19N.2C8H15NO.2C8H17N.C7H13F2N.C7H13NO.C6H13N.4CH4/c1-9-5-7-11(8-6-9)10(2,3)4;1-9(2,3)11-7-5-10(4)6-8-11;1-9(2,3)10-7-5-4-6-8-10;2*1-8(2,3)9-6-4-5-7(9)10;1-7-5-9(6-7)8(2,3)4;1-8(2,3)9-6-4-5-7-9;1-6(2,3)10-4-7(8,9)5-10;1-7(2,3)8-5-4-6(8)9;1-6(2,3)7-4-5-7;;;;/h9H,5-8H2,1-4H3;5-8H2,1-4H3;4-8H2,1-3H3;2*4-6H2,1-3H3;7H,5-6H2,1-4H3;4-7H2,1-3H3;4-5H2,1-3H3;4-5H2,1-3H3;4-5H2,1-3H3;4*1H4. The lowest BCUT2D eigenvalue weighted by atomic mass is 9.94. The number of alkyl halides is 2. The summed E-state index contributed by atoms with van der Waals surface area (Å²) >= 11 is 0. The Hall–Kier alpha value is -2.05. The highest BCUT2D eigenvalue weighted by Gasteiger charge is 2.48. The summed E-state index contributed by atoms with van der Waals surface area (Å²) in [4.78, 5) is 58.3. The summed E-state index contributed by atoms with van der Waals surface area (Å²) in [7, 11) is 2.19. The van der Waals surface area contributed by atoms with Crippen molar-refractivity contribution in [3.63, 3.8) is 0 Å². The van der Waals surface area contributed by atoms with Gasteiger partial charge in [-0.3, -0.25) is 48.7 Å². The monoisotopic (exact) mass is 1430 g/mol. The van der Waals surface area contributed by atoms with Gasteiger partial charge in [0.15, 0.2) is 0 Å². The Bertz CT molecular complexity index is 2100. The van der Waals surface area contributed by atoms with Crippen LogP contribution in [0.15, 0.2) is 0 Å². The Labute approximate surface area is 624 Å². The van der Waals surface area contributed by atoms with Crippen LogP contribution in [0.2, 0.25) is 0 Å². The van der Waals surface area contributed by atoms with Crippen LogP contribution in [0.25, 0.3) is 0 Å². The molecule has 10 aliphatic heterocycles. The van der Waals surface area contributed by atoms with E-state index < -0.39 is 5.92 Å². The van der Waals surface area contributed by atoms with Crippen molar-refractivity contribution in [1.29, 1.82) is 0 Å². The predicted molar refractivity (Wildman–Crippen MR) is 437 cm³/mol. The number of piperazine rings is 1. The van der Waals surface area contributed by atoms with Crippen molar-refractivity contribution < 1.29 is 23.2 Å². The number of likely N-dealkylation sites (N-methyl/N-ethyl adjacent to an activating group) is 1. The molecule has 0 atom stereocenters. The second kappa shape index (κ2) is 43.7. The van der Waals surface area contributed by atoms with E-state index in [1.807, 2.05) is 35.5 Å². The normalized spacial score (nSPS) is 21.9. The molecule has 0 aromatic heterocycles. The molecule has 0 N–H and O–H groups in total. The van der Waals surface area contributed by atoms with E-state index in [4.69, 9.17) is 0 Å². The number of β-lactam (4-membered cyclic amide) rings is 1. The second-order valence-electron chi connectivity index (χ2n) is 39.7. The van der Waals surface area contributed by atoms with Gasteiger partial charge in [-0.05, 0) is 317 Å². The lowest BCUT2D eigenvalue weighted by molar-refractivity contribution is -0.160. The van der Waals surface area contributed by atoms with Gasteiger partial charge in [0.05, 0.1) is 13.1 Å². The molecule has 0 bridgehead atoms. The number of rotatable bonds is 0. The maximum Gasteiger partial charge on any atom is 0.272 e. The van der Waals surface area contributed by atoms with E-state index >= 15 is 0 Å². The third-order valence-corrected chi connectivity index (χ3v) is 20.2. The molecule has 16 heteroatoms. The Morgan fingerprint density at radius 3 is 0.690 bits per heavy atom. The largest absolute Gasteiger partial charge is 0.338 e. The minimum Gasteiger partial charge on any atom is -0.338 e. The van der Waals surface area contributed by atoms with Crippen LogP contribution in [0.4, 0.5) is 8.78 Å². The Morgan fingerprint density at radius 1 is 0.280 bits per heavy atom. The van der Waals surface area contributed by atoms with Crippen molar-refractivity contribution in [3.05, 3.63) is 0 Å². The molecule has 0 aliphatic carbocycles. The molecule has 3 amide bonds. The highest BCUT2D eigenvalue weighted by molar-refractivity contribution is 5.82. The number of amides is 3.